The lowest BCUT2D eigenvalue weighted by Crippen LogP contribution is -1.97. The maximum absolute atomic E-state index is 5.91. The van der Waals surface area contributed by atoms with Crippen LogP contribution in [-0.4, -0.2) is 0 Å². The number of nitrogen functional groups attached to an aromatic ring is 2. The summed E-state index contributed by atoms with van der Waals surface area (Å²) >= 11 is 11.8. The van der Waals surface area contributed by atoms with Crippen LogP contribution in [0.2, 0.25) is 10.0 Å². The van der Waals surface area contributed by atoms with Crippen LogP contribution >= 0.6 is 23.2 Å². The Morgan fingerprint density at radius 1 is 0.882 bits per heavy atom. The lowest BCUT2D eigenvalue weighted by Gasteiger charge is -2.10. The molecular formula is C12H11Cl2N3. The molecule has 0 aliphatic carbocycles. The van der Waals surface area contributed by atoms with Crippen LogP contribution in [0.25, 0.3) is 0 Å². The first-order valence-electron chi connectivity index (χ1n) is 4.93. The van der Waals surface area contributed by atoms with Crippen LogP contribution in [0, 0.1) is 0 Å². The molecule has 0 aromatic heterocycles. The maximum atomic E-state index is 5.91. The summed E-state index contributed by atoms with van der Waals surface area (Å²) in [5.74, 6) is 0. The van der Waals surface area contributed by atoms with E-state index in [1.165, 1.54) is 0 Å². The molecule has 5 heteroatoms. The van der Waals surface area contributed by atoms with E-state index in [1.807, 2.05) is 0 Å². The first kappa shape index (κ1) is 11.9. The fraction of sp³-hybridized carbons (Fsp3) is 0. The molecule has 0 bridgehead atoms. The van der Waals surface area contributed by atoms with Crippen molar-refractivity contribution in [3.63, 3.8) is 0 Å². The minimum absolute atomic E-state index is 0.564. The van der Waals surface area contributed by atoms with Gasteiger partial charge in [0.2, 0.25) is 0 Å². The van der Waals surface area contributed by atoms with Crippen molar-refractivity contribution in [2.45, 2.75) is 0 Å². The van der Waals surface area contributed by atoms with E-state index in [0.29, 0.717) is 21.4 Å². The fourth-order valence-electron chi connectivity index (χ4n) is 1.48. The van der Waals surface area contributed by atoms with Gasteiger partial charge in [-0.3, -0.25) is 0 Å². The highest BCUT2D eigenvalue weighted by molar-refractivity contribution is 6.35. The largest absolute Gasteiger partial charge is 0.399 e. The van der Waals surface area contributed by atoms with E-state index in [0.717, 1.165) is 11.4 Å². The van der Waals surface area contributed by atoms with Crippen molar-refractivity contribution in [1.29, 1.82) is 0 Å². The van der Waals surface area contributed by atoms with Crippen LogP contribution in [0.15, 0.2) is 36.4 Å². The van der Waals surface area contributed by atoms with Crippen molar-refractivity contribution >= 4 is 46.0 Å². The minimum atomic E-state index is 0.564. The molecule has 0 unspecified atom stereocenters. The van der Waals surface area contributed by atoms with Crippen LogP contribution in [0.5, 0.6) is 0 Å². The van der Waals surface area contributed by atoms with Gasteiger partial charge in [0.1, 0.15) is 0 Å². The molecule has 0 radical (unpaired) electrons. The number of nitrogens with two attached hydrogens (primary N) is 2. The summed E-state index contributed by atoms with van der Waals surface area (Å²) in [5.41, 5.74) is 14.2. The fourth-order valence-corrected chi connectivity index (χ4v) is 2.00. The Hall–Kier alpha value is -1.58. The monoisotopic (exact) mass is 267 g/mol. The van der Waals surface area contributed by atoms with Gasteiger partial charge in [0.15, 0.2) is 0 Å². The molecule has 17 heavy (non-hydrogen) atoms. The third-order valence-corrected chi connectivity index (χ3v) is 2.65. The predicted octanol–water partition coefficient (Wildman–Crippen LogP) is 3.90. The molecule has 0 fully saturated rings. The van der Waals surface area contributed by atoms with E-state index in [2.05, 4.69) is 5.32 Å². The zero-order chi connectivity index (χ0) is 12.4. The minimum Gasteiger partial charge on any atom is -0.399 e. The number of hydrogen-bond acceptors (Lipinski definition) is 3. The Labute approximate surface area is 109 Å². The summed E-state index contributed by atoms with van der Waals surface area (Å²) < 4.78 is 0. The number of nitrogens with one attached hydrogen (secondary N) is 1. The summed E-state index contributed by atoms with van der Waals surface area (Å²) in [6.45, 7) is 0. The van der Waals surface area contributed by atoms with Gasteiger partial charge in [-0.1, -0.05) is 23.2 Å². The average Bonchev–Trinajstić information content (AvgIpc) is 2.21. The number of anilines is 4. The predicted molar refractivity (Wildman–Crippen MR) is 75.0 cm³/mol. The van der Waals surface area contributed by atoms with Crippen molar-refractivity contribution in [1.82, 2.24) is 0 Å². The maximum Gasteiger partial charge on any atom is 0.0619 e. The molecule has 0 spiro atoms. The van der Waals surface area contributed by atoms with Gasteiger partial charge in [0.25, 0.3) is 0 Å². The van der Waals surface area contributed by atoms with Crippen LogP contribution in [0.3, 0.4) is 0 Å². The normalized spacial score (nSPS) is 10.2. The summed E-state index contributed by atoms with van der Waals surface area (Å²) in [7, 11) is 0. The number of halogens is 2. The van der Waals surface area contributed by atoms with E-state index in [-0.39, 0.29) is 0 Å². The zero-order valence-electron chi connectivity index (χ0n) is 8.87. The second-order valence-corrected chi connectivity index (χ2v) is 4.50. The molecule has 0 atom stereocenters. The molecule has 5 N–H and O–H groups in total. The zero-order valence-corrected chi connectivity index (χ0v) is 10.4. The molecule has 2 rings (SSSR count). The SMILES string of the molecule is Nc1ccc(Nc2cc(Cl)cc(Cl)c2)c(N)c1. The van der Waals surface area contributed by atoms with E-state index in [1.54, 1.807) is 36.4 Å². The highest BCUT2D eigenvalue weighted by Gasteiger charge is 2.02. The molecule has 0 amide bonds. The smallest absolute Gasteiger partial charge is 0.0619 e. The Balaban J connectivity index is 2.31. The van der Waals surface area contributed by atoms with E-state index >= 15 is 0 Å². The summed E-state index contributed by atoms with van der Waals surface area (Å²) in [4.78, 5) is 0. The van der Waals surface area contributed by atoms with Crippen molar-refractivity contribution in [2.75, 3.05) is 16.8 Å². The molecular weight excluding hydrogens is 257 g/mol. The van der Waals surface area contributed by atoms with Gasteiger partial charge in [-0.15, -0.1) is 0 Å². The van der Waals surface area contributed by atoms with Crippen molar-refractivity contribution in [3.8, 4) is 0 Å². The standard InChI is InChI=1S/C12H11Cl2N3/c13-7-3-8(14)5-10(4-7)17-12-2-1-9(15)6-11(12)16/h1-6,17H,15-16H2. The topological polar surface area (TPSA) is 64.1 Å². The van der Waals surface area contributed by atoms with E-state index < -0.39 is 0 Å². The van der Waals surface area contributed by atoms with Crippen LogP contribution < -0.4 is 16.8 Å². The third kappa shape index (κ3) is 2.96. The first-order chi connectivity index (χ1) is 8.04. The van der Waals surface area contributed by atoms with Gasteiger partial charge in [0.05, 0.1) is 11.4 Å². The van der Waals surface area contributed by atoms with Gasteiger partial charge >= 0.3 is 0 Å². The van der Waals surface area contributed by atoms with Crippen molar-refractivity contribution in [3.05, 3.63) is 46.4 Å². The highest BCUT2D eigenvalue weighted by Crippen LogP contribution is 2.28. The Bertz CT molecular complexity index is 535. The number of rotatable bonds is 2. The summed E-state index contributed by atoms with van der Waals surface area (Å²) in [6.07, 6.45) is 0. The molecule has 0 saturated carbocycles. The van der Waals surface area contributed by atoms with Crippen LogP contribution in [0.4, 0.5) is 22.7 Å². The summed E-state index contributed by atoms with van der Waals surface area (Å²) in [6, 6.07) is 10.5. The number of hydrogen-bond donors (Lipinski definition) is 3. The molecule has 0 heterocycles. The quantitative estimate of drug-likeness (QED) is 0.724. The lowest BCUT2D eigenvalue weighted by atomic mass is 10.2. The Kier molecular flexibility index (Phi) is 3.31. The first-order valence-corrected chi connectivity index (χ1v) is 5.68. The molecule has 0 saturated heterocycles. The Morgan fingerprint density at radius 2 is 1.53 bits per heavy atom. The van der Waals surface area contributed by atoms with Crippen LogP contribution in [-0.2, 0) is 0 Å². The van der Waals surface area contributed by atoms with Crippen LogP contribution in [0.1, 0.15) is 0 Å². The highest BCUT2D eigenvalue weighted by atomic mass is 35.5. The second-order valence-electron chi connectivity index (χ2n) is 3.63. The summed E-state index contributed by atoms with van der Waals surface area (Å²) in [5, 5.41) is 4.26. The molecule has 2 aromatic rings. The molecule has 3 nitrogen and oxygen atoms in total. The molecule has 2 aromatic carbocycles. The number of benzene rings is 2. The third-order valence-electron chi connectivity index (χ3n) is 2.22. The van der Waals surface area contributed by atoms with Gasteiger partial charge < -0.3 is 16.8 Å². The van der Waals surface area contributed by atoms with Gasteiger partial charge in [0, 0.05) is 21.4 Å². The van der Waals surface area contributed by atoms with Gasteiger partial charge in [-0.05, 0) is 36.4 Å². The Morgan fingerprint density at radius 3 is 2.12 bits per heavy atom. The van der Waals surface area contributed by atoms with E-state index in [4.69, 9.17) is 34.7 Å². The lowest BCUT2D eigenvalue weighted by molar-refractivity contribution is 1.54. The average molecular weight is 268 g/mol. The van der Waals surface area contributed by atoms with E-state index in [9.17, 15) is 0 Å². The molecule has 88 valence electrons. The van der Waals surface area contributed by atoms with Crippen molar-refractivity contribution in [2.24, 2.45) is 0 Å². The van der Waals surface area contributed by atoms with Gasteiger partial charge in [-0.25, -0.2) is 0 Å². The molecule has 0 aliphatic rings. The van der Waals surface area contributed by atoms with Gasteiger partial charge in [-0.2, -0.15) is 0 Å². The van der Waals surface area contributed by atoms with Crippen molar-refractivity contribution < 1.29 is 0 Å². The molecule has 0 aliphatic heterocycles. The second kappa shape index (κ2) is 4.73.